The third-order valence-corrected chi connectivity index (χ3v) is 4.46. The zero-order valence-corrected chi connectivity index (χ0v) is 14.8. The maximum Gasteiger partial charge on any atom is 0.319 e. The van der Waals surface area contributed by atoms with Crippen LogP contribution in [-0.2, 0) is 14.3 Å². The maximum atomic E-state index is 12.1. The van der Waals surface area contributed by atoms with E-state index < -0.39 is 12.1 Å². The molecule has 0 bridgehead atoms. The third-order valence-electron chi connectivity index (χ3n) is 3.37. The number of hydrogen-bond donors (Lipinski definition) is 1. The largest absolute Gasteiger partial charge is 0.452 e. The highest BCUT2D eigenvalue weighted by Gasteiger charge is 2.22. The van der Waals surface area contributed by atoms with Crippen LogP contribution in [0.5, 0.6) is 0 Å². The Balaban J connectivity index is 1.85. The van der Waals surface area contributed by atoms with Crippen LogP contribution in [0.1, 0.15) is 19.4 Å². The second kappa shape index (κ2) is 8.55. The molecule has 24 heavy (non-hydrogen) atoms. The van der Waals surface area contributed by atoms with Crippen LogP contribution in [0.3, 0.4) is 0 Å². The second-order valence-electron chi connectivity index (χ2n) is 5.51. The fraction of sp³-hybridized carbons (Fsp3) is 0.263. The van der Waals surface area contributed by atoms with Crippen LogP contribution in [0.2, 0.25) is 0 Å². The predicted octanol–water partition coefficient (Wildman–Crippen LogP) is 4.05. The number of amides is 1. The lowest BCUT2D eigenvalue weighted by atomic mass is 10.2. The lowest BCUT2D eigenvalue weighted by Crippen LogP contribution is -2.32. The number of carbonyl (C=O) groups excluding carboxylic acids is 2. The minimum absolute atomic E-state index is 0.343. The van der Waals surface area contributed by atoms with Gasteiger partial charge in [0.1, 0.15) is 5.25 Å². The van der Waals surface area contributed by atoms with Gasteiger partial charge in [0.25, 0.3) is 5.91 Å². The average molecular weight is 343 g/mol. The van der Waals surface area contributed by atoms with Crippen LogP contribution < -0.4 is 5.32 Å². The minimum Gasteiger partial charge on any atom is -0.452 e. The van der Waals surface area contributed by atoms with Crippen LogP contribution in [0.4, 0.5) is 5.69 Å². The highest BCUT2D eigenvalue weighted by atomic mass is 32.2. The Morgan fingerprint density at radius 2 is 1.62 bits per heavy atom. The Morgan fingerprint density at radius 1 is 1.00 bits per heavy atom. The molecule has 4 nitrogen and oxygen atoms in total. The maximum absolute atomic E-state index is 12.1. The quantitative estimate of drug-likeness (QED) is 0.635. The van der Waals surface area contributed by atoms with Crippen molar-refractivity contribution in [1.82, 2.24) is 0 Å². The van der Waals surface area contributed by atoms with Crippen molar-refractivity contribution in [3.63, 3.8) is 0 Å². The van der Waals surface area contributed by atoms with Crippen LogP contribution >= 0.6 is 11.8 Å². The van der Waals surface area contributed by atoms with E-state index in [1.165, 1.54) is 11.8 Å². The number of nitrogens with one attached hydrogen (secondary N) is 1. The standard InChI is InChI=1S/C19H21NO3S/c1-13-9-11-16(12-10-13)20-18(21)14(2)23-19(22)15(3)24-17-7-5-4-6-8-17/h4-12,14-15H,1-3H3,(H,20,21)/t14-,15+/m0/s1. The Bertz CT molecular complexity index is 686. The van der Waals surface area contributed by atoms with Gasteiger partial charge in [-0.05, 0) is 45.0 Å². The molecule has 0 saturated heterocycles. The van der Waals surface area contributed by atoms with Crippen molar-refractivity contribution in [2.45, 2.75) is 37.0 Å². The molecule has 2 aromatic carbocycles. The highest BCUT2D eigenvalue weighted by Crippen LogP contribution is 2.23. The van der Waals surface area contributed by atoms with Crippen molar-refractivity contribution in [3.8, 4) is 0 Å². The van der Waals surface area contributed by atoms with Gasteiger partial charge in [-0.1, -0.05) is 35.9 Å². The minimum atomic E-state index is -0.849. The van der Waals surface area contributed by atoms with Crippen molar-refractivity contribution in [2.24, 2.45) is 0 Å². The molecule has 126 valence electrons. The van der Waals surface area contributed by atoms with E-state index in [1.54, 1.807) is 13.8 Å². The first-order valence-electron chi connectivity index (χ1n) is 7.75. The highest BCUT2D eigenvalue weighted by molar-refractivity contribution is 8.00. The molecule has 0 unspecified atom stereocenters. The van der Waals surface area contributed by atoms with Crippen LogP contribution in [-0.4, -0.2) is 23.2 Å². The number of hydrogen-bond acceptors (Lipinski definition) is 4. The van der Waals surface area contributed by atoms with Gasteiger partial charge in [-0.15, -0.1) is 11.8 Å². The molecule has 2 aromatic rings. The van der Waals surface area contributed by atoms with E-state index in [0.29, 0.717) is 5.69 Å². The molecule has 1 amide bonds. The summed E-state index contributed by atoms with van der Waals surface area (Å²) in [5, 5.41) is 2.35. The van der Waals surface area contributed by atoms with Crippen molar-refractivity contribution >= 4 is 29.3 Å². The van der Waals surface area contributed by atoms with Crippen molar-refractivity contribution < 1.29 is 14.3 Å². The number of rotatable bonds is 6. The monoisotopic (exact) mass is 343 g/mol. The number of thioether (sulfide) groups is 1. The molecule has 1 N–H and O–H groups in total. The molecule has 0 aromatic heterocycles. The van der Waals surface area contributed by atoms with Gasteiger partial charge in [-0.25, -0.2) is 0 Å². The van der Waals surface area contributed by atoms with Crippen molar-refractivity contribution in [3.05, 3.63) is 60.2 Å². The molecule has 0 spiro atoms. The molecule has 0 saturated carbocycles. The smallest absolute Gasteiger partial charge is 0.319 e. The Labute approximate surface area is 146 Å². The second-order valence-corrected chi connectivity index (χ2v) is 6.92. The molecule has 2 atom stereocenters. The van der Waals surface area contributed by atoms with E-state index in [9.17, 15) is 9.59 Å². The normalized spacial score (nSPS) is 13.0. The van der Waals surface area contributed by atoms with Gasteiger partial charge >= 0.3 is 5.97 Å². The first-order valence-corrected chi connectivity index (χ1v) is 8.63. The van der Waals surface area contributed by atoms with Crippen LogP contribution in [0.15, 0.2) is 59.5 Å². The number of esters is 1. The summed E-state index contributed by atoms with van der Waals surface area (Å²) in [6, 6.07) is 17.1. The lowest BCUT2D eigenvalue weighted by molar-refractivity contribution is -0.152. The van der Waals surface area contributed by atoms with Gasteiger partial charge < -0.3 is 10.1 Å². The Kier molecular flexibility index (Phi) is 6.44. The first-order chi connectivity index (χ1) is 11.5. The Hall–Kier alpha value is -2.27. The molecule has 2 rings (SSSR count). The molecule has 0 aliphatic carbocycles. The van der Waals surface area contributed by atoms with Gasteiger partial charge in [-0.3, -0.25) is 9.59 Å². The molecule has 0 aliphatic rings. The number of ether oxygens (including phenoxy) is 1. The van der Waals surface area contributed by atoms with Gasteiger partial charge in [0, 0.05) is 10.6 Å². The lowest BCUT2D eigenvalue weighted by Gasteiger charge is -2.16. The summed E-state index contributed by atoms with van der Waals surface area (Å²) in [6.07, 6.45) is -0.849. The van der Waals surface area contributed by atoms with Crippen LogP contribution in [0.25, 0.3) is 0 Å². The van der Waals surface area contributed by atoms with E-state index in [-0.39, 0.29) is 11.2 Å². The van der Waals surface area contributed by atoms with E-state index in [2.05, 4.69) is 5.32 Å². The first kappa shape index (κ1) is 18.1. The van der Waals surface area contributed by atoms with E-state index in [1.807, 2.05) is 61.5 Å². The summed E-state index contributed by atoms with van der Waals surface area (Å²) in [6.45, 7) is 5.31. The summed E-state index contributed by atoms with van der Waals surface area (Å²) >= 11 is 1.40. The van der Waals surface area contributed by atoms with Crippen LogP contribution in [0, 0.1) is 6.92 Å². The van der Waals surface area contributed by atoms with Gasteiger partial charge in [0.05, 0.1) is 0 Å². The average Bonchev–Trinajstić information content (AvgIpc) is 2.57. The molecule has 0 radical (unpaired) electrons. The van der Waals surface area contributed by atoms with Gasteiger partial charge in [-0.2, -0.15) is 0 Å². The topological polar surface area (TPSA) is 55.4 Å². The number of benzene rings is 2. The summed E-state index contributed by atoms with van der Waals surface area (Å²) in [4.78, 5) is 25.2. The number of anilines is 1. The molecule has 0 fully saturated rings. The van der Waals surface area contributed by atoms with Crippen molar-refractivity contribution in [1.29, 1.82) is 0 Å². The number of carbonyl (C=O) groups is 2. The van der Waals surface area contributed by atoms with E-state index in [4.69, 9.17) is 4.74 Å². The van der Waals surface area contributed by atoms with E-state index in [0.717, 1.165) is 10.5 Å². The van der Waals surface area contributed by atoms with E-state index >= 15 is 0 Å². The third kappa shape index (κ3) is 5.42. The van der Waals surface area contributed by atoms with Gasteiger partial charge in [0.2, 0.25) is 0 Å². The molecule has 0 aliphatic heterocycles. The molecular formula is C19H21NO3S. The zero-order valence-electron chi connectivity index (χ0n) is 14.0. The molecular weight excluding hydrogens is 322 g/mol. The molecule has 5 heteroatoms. The summed E-state index contributed by atoms with van der Waals surface area (Å²) in [5.41, 5.74) is 1.79. The zero-order chi connectivity index (χ0) is 17.5. The van der Waals surface area contributed by atoms with Crippen molar-refractivity contribution in [2.75, 3.05) is 5.32 Å². The Morgan fingerprint density at radius 3 is 2.25 bits per heavy atom. The summed E-state index contributed by atoms with van der Waals surface area (Å²) in [7, 11) is 0. The predicted molar refractivity (Wildman–Crippen MR) is 97.1 cm³/mol. The summed E-state index contributed by atoms with van der Waals surface area (Å²) in [5.74, 6) is -0.750. The summed E-state index contributed by atoms with van der Waals surface area (Å²) < 4.78 is 5.27. The van der Waals surface area contributed by atoms with Gasteiger partial charge in [0.15, 0.2) is 6.10 Å². The fourth-order valence-corrected chi connectivity index (χ4v) is 2.83. The fourth-order valence-electron chi connectivity index (χ4n) is 1.96. The SMILES string of the molecule is Cc1ccc(NC(=O)[C@H](C)OC(=O)[C@@H](C)Sc2ccccc2)cc1. The molecule has 0 heterocycles. The number of aryl methyl sites for hydroxylation is 1.